The zero-order valence-corrected chi connectivity index (χ0v) is 15.3. The fraction of sp³-hybridized carbons (Fsp3) is 0.350. The molecule has 1 saturated heterocycles. The van der Waals surface area contributed by atoms with Gasteiger partial charge in [-0.15, -0.1) is 12.4 Å². The minimum atomic E-state index is -0.479. The van der Waals surface area contributed by atoms with Gasteiger partial charge in [-0.2, -0.15) is 0 Å². The third kappa shape index (κ3) is 4.59. The van der Waals surface area contributed by atoms with Crippen LogP contribution in [0.5, 0.6) is 0 Å². The van der Waals surface area contributed by atoms with E-state index in [2.05, 4.69) is 17.6 Å². The molecule has 0 spiro atoms. The molecule has 3 rings (SSSR count). The normalized spacial score (nSPS) is 19.8. The second-order valence-corrected chi connectivity index (χ2v) is 6.61. The molecule has 0 radical (unpaired) electrons. The number of hydrogen-bond acceptors (Lipinski definition) is 2. The van der Waals surface area contributed by atoms with Crippen LogP contribution in [0.25, 0.3) is 11.1 Å². The van der Waals surface area contributed by atoms with Gasteiger partial charge in [-0.05, 0) is 55.6 Å². The molecule has 134 valence electrons. The lowest BCUT2D eigenvalue weighted by atomic mass is 9.95. The molecule has 5 heteroatoms. The number of hydrogen-bond donors (Lipinski definition) is 2. The lowest BCUT2D eigenvalue weighted by molar-refractivity contribution is 0.0910. The Bertz CT molecular complexity index is 733. The lowest BCUT2D eigenvalue weighted by Gasteiger charge is -2.30. The van der Waals surface area contributed by atoms with Gasteiger partial charge in [0.15, 0.2) is 0 Å². The summed E-state index contributed by atoms with van der Waals surface area (Å²) in [5.41, 5.74) is 2.99. The fourth-order valence-electron chi connectivity index (χ4n) is 3.10. The average Bonchev–Trinajstić information content (AvgIpc) is 2.57. The monoisotopic (exact) mass is 362 g/mol. The highest BCUT2D eigenvalue weighted by Gasteiger charge is 2.24. The van der Waals surface area contributed by atoms with Gasteiger partial charge >= 0.3 is 0 Å². The molecule has 25 heavy (non-hydrogen) atoms. The van der Waals surface area contributed by atoms with Crippen molar-refractivity contribution in [2.24, 2.45) is 5.92 Å². The fourth-order valence-corrected chi connectivity index (χ4v) is 3.10. The molecule has 0 bridgehead atoms. The van der Waals surface area contributed by atoms with E-state index in [1.54, 1.807) is 12.1 Å². The van der Waals surface area contributed by atoms with Crippen molar-refractivity contribution in [1.29, 1.82) is 0 Å². The van der Waals surface area contributed by atoms with E-state index in [4.69, 9.17) is 0 Å². The van der Waals surface area contributed by atoms with Crippen LogP contribution in [0.2, 0.25) is 0 Å². The summed E-state index contributed by atoms with van der Waals surface area (Å²) in [6.45, 7) is 5.86. The summed E-state index contributed by atoms with van der Waals surface area (Å²) in [6.07, 6.45) is 0.871. The van der Waals surface area contributed by atoms with Crippen molar-refractivity contribution >= 4 is 18.3 Å². The van der Waals surface area contributed by atoms with E-state index in [0.717, 1.165) is 36.2 Å². The van der Waals surface area contributed by atoms with Crippen LogP contribution >= 0.6 is 12.4 Å². The summed E-state index contributed by atoms with van der Waals surface area (Å²) in [6, 6.07) is 12.8. The molecular formula is C20H24ClFN2O. The highest BCUT2D eigenvalue weighted by molar-refractivity contribution is 5.95. The van der Waals surface area contributed by atoms with E-state index < -0.39 is 5.82 Å². The van der Waals surface area contributed by atoms with Crippen LogP contribution < -0.4 is 10.6 Å². The van der Waals surface area contributed by atoms with E-state index in [9.17, 15) is 9.18 Å². The lowest BCUT2D eigenvalue weighted by Crippen LogP contribution is -2.48. The molecular weight excluding hydrogens is 339 g/mol. The molecule has 2 aromatic carbocycles. The van der Waals surface area contributed by atoms with Gasteiger partial charge in [0, 0.05) is 6.04 Å². The first-order chi connectivity index (χ1) is 11.5. The minimum absolute atomic E-state index is 0. The maximum absolute atomic E-state index is 14.4. The highest BCUT2D eigenvalue weighted by atomic mass is 35.5. The van der Waals surface area contributed by atoms with Crippen molar-refractivity contribution < 1.29 is 9.18 Å². The van der Waals surface area contributed by atoms with Crippen LogP contribution in [0.1, 0.15) is 29.3 Å². The first kappa shape index (κ1) is 19.4. The van der Waals surface area contributed by atoms with Crippen LogP contribution in [0.4, 0.5) is 4.39 Å². The summed E-state index contributed by atoms with van der Waals surface area (Å²) >= 11 is 0. The maximum Gasteiger partial charge on any atom is 0.254 e. The molecule has 1 amide bonds. The molecule has 3 nitrogen and oxygen atoms in total. The third-order valence-electron chi connectivity index (χ3n) is 4.70. The number of benzene rings is 2. The molecule has 2 N–H and O–H groups in total. The van der Waals surface area contributed by atoms with Gasteiger partial charge in [-0.3, -0.25) is 4.79 Å². The topological polar surface area (TPSA) is 41.1 Å². The summed E-state index contributed by atoms with van der Waals surface area (Å²) < 4.78 is 14.4. The van der Waals surface area contributed by atoms with Crippen molar-refractivity contribution in [2.45, 2.75) is 26.3 Å². The number of piperidine rings is 1. The molecule has 2 unspecified atom stereocenters. The summed E-state index contributed by atoms with van der Waals surface area (Å²) in [4.78, 5) is 12.4. The molecule has 0 aliphatic carbocycles. The number of carbonyl (C=O) groups excluding carboxylic acids is 1. The number of rotatable bonds is 3. The van der Waals surface area contributed by atoms with Crippen LogP contribution in [-0.2, 0) is 0 Å². The second kappa shape index (κ2) is 8.45. The molecule has 1 heterocycles. The summed E-state index contributed by atoms with van der Waals surface area (Å²) in [7, 11) is 0. The van der Waals surface area contributed by atoms with Gasteiger partial charge in [0.2, 0.25) is 0 Å². The Balaban J connectivity index is 0.00000225. The van der Waals surface area contributed by atoms with E-state index >= 15 is 0 Å². The molecule has 1 aliphatic rings. The Labute approximate surface area is 154 Å². The van der Waals surface area contributed by atoms with Gasteiger partial charge in [-0.25, -0.2) is 4.39 Å². The SMILES string of the molecule is Cc1ccc(-c2ccc(C(=O)NC3CCNCC3C)c(F)c2)cc1.Cl. The van der Waals surface area contributed by atoms with Crippen molar-refractivity contribution in [3.63, 3.8) is 0 Å². The Kier molecular flexibility index (Phi) is 6.57. The molecule has 2 aromatic rings. The maximum atomic E-state index is 14.4. The van der Waals surface area contributed by atoms with Crippen molar-refractivity contribution in [1.82, 2.24) is 10.6 Å². The quantitative estimate of drug-likeness (QED) is 0.868. The van der Waals surface area contributed by atoms with Crippen molar-refractivity contribution in [3.8, 4) is 11.1 Å². The Morgan fingerprint density at radius 2 is 1.84 bits per heavy atom. The molecule has 0 aromatic heterocycles. The Morgan fingerprint density at radius 3 is 2.48 bits per heavy atom. The van der Waals surface area contributed by atoms with E-state index in [1.165, 1.54) is 6.07 Å². The Hall–Kier alpha value is -1.91. The third-order valence-corrected chi connectivity index (χ3v) is 4.70. The number of nitrogens with one attached hydrogen (secondary N) is 2. The largest absolute Gasteiger partial charge is 0.349 e. The number of amides is 1. The number of carbonyl (C=O) groups is 1. The average molecular weight is 363 g/mol. The molecule has 1 aliphatic heterocycles. The van der Waals surface area contributed by atoms with Crippen molar-refractivity contribution in [3.05, 3.63) is 59.4 Å². The smallest absolute Gasteiger partial charge is 0.254 e. The van der Waals surface area contributed by atoms with E-state index in [-0.39, 0.29) is 29.9 Å². The summed E-state index contributed by atoms with van der Waals surface area (Å²) in [5, 5.41) is 6.27. The Morgan fingerprint density at radius 1 is 1.16 bits per heavy atom. The van der Waals surface area contributed by atoms with Gasteiger partial charge in [0.1, 0.15) is 5.82 Å². The van der Waals surface area contributed by atoms with Crippen LogP contribution in [0, 0.1) is 18.7 Å². The second-order valence-electron chi connectivity index (χ2n) is 6.61. The predicted octanol–water partition coefficient (Wildman–Crippen LogP) is 3.95. The zero-order valence-electron chi connectivity index (χ0n) is 14.5. The number of halogens is 2. The standard InChI is InChI=1S/C20H23FN2O.ClH/c1-13-3-5-15(6-4-13)16-7-8-17(18(21)11-16)20(24)23-19-9-10-22-12-14(19)2;/h3-8,11,14,19,22H,9-10,12H2,1-2H3,(H,23,24);1H. The molecule has 2 atom stereocenters. The zero-order chi connectivity index (χ0) is 17.1. The van der Waals surface area contributed by atoms with E-state index in [1.807, 2.05) is 31.2 Å². The van der Waals surface area contributed by atoms with Crippen molar-refractivity contribution in [2.75, 3.05) is 13.1 Å². The highest BCUT2D eigenvalue weighted by Crippen LogP contribution is 2.23. The first-order valence-electron chi connectivity index (χ1n) is 8.43. The van der Waals surface area contributed by atoms with Gasteiger partial charge in [-0.1, -0.05) is 42.8 Å². The van der Waals surface area contributed by atoms with Gasteiger partial charge in [0.25, 0.3) is 5.91 Å². The molecule has 0 saturated carbocycles. The van der Waals surface area contributed by atoms with Gasteiger partial charge in [0.05, 0.1) is 5.56 Å². The summed E-state index contributed by atoms with van der Waals surface area (Å²) in [5.74, 6) is -0.466. The first-order valence-corrected chi connectivity index (χ1v) is 8.43. The van der Waals surface area contributed by atoms with Gasteiger partial charge < -0.3 is 10.6 Å². The number of aryl methyl sites for hydroxylation is 1. The predicted molar refractivity (Wildman–Crippen MR) is 102 cm³/mol. The van der Waals surface area contributed by atoms with E-state index in [0.29, 0.717) is 5.92 Å². The molecule has 1 fully saturated rings. The minimum Gasteiger partial charge on any atom is -0.349 e. The van der Waals surface area contributed by atoms with Crippen LogP contribution in [0.15, 0.2) is 42.5 Å². The van der Waals surface area contributed by atoms with Crippen LogP contribution in [-0.4, -0.2) is 25.0 Å². The van der Waals surface area contributed by atoms with Crippen LogP contribution in [0.3, 0.4) is 0 Å².